The second-order valence-electron chi connectivity index (χ2n) is 5.12. The monoisotopic (exact) mass is 330 g/mol. The van der Waals surface area contributed by atoms with E-state index in [0.717, 1.165) is 12.2 Å². The lowest BCUT2D eigenvalue weighted by atomic mass is 10.2. The maximum absolute atomic E-state index is 12.2. The maximum atomic E-state index is 12.2. The molecule has 5 nitrogen and oxygen atoms in total. The van der Waals surface area contributed by atoms with Crippen LogP contribution < -0.4 is 5.73 Å². The van der Waals surface area contributed by atoms with Crippen LogP contribution in [-0.2, 0) is 9.84 Å². The third kappa shape index (κ3) is 5.97. The number of nitrogens with zero attached hydrogens (tertiary/aromatic N) is 1. The van der Waals surface area contributed by atoms with Gasteiger partial charge in [-0.1, -0.05) is 19.0 Å². The highest BCUT2D eigenvalue weighted by Crippen LogP contribution is 2.15. The Morgan fingerprint density at radius 2 is 1.90 bits per heavy atom. The first kappa shape index (κ1) is 17.8. The first-order valence-corrected chi connectivity index (χ1v) is 9.56. The molecule has 0 aliphatic rings. The van der Waals surface area contributed by atoms with Gasteiger partial charge in [0.2, 0.25) is 0 Å². The summed E-state index contributed by atoms with van der Waals surface area (Å²) in [4.78, 5) is 0.265. The molecule has 3 N–H and O–H groups in total. The fraction of sp³-hybridized carbons (Fsp3) is 0.500. The van der Waals surface area contributed by atoms with Gasteiger partial charge in [-0.2, -0.15) is 11.8 Å². The van der Waals surface area contributed by atoms with E-state index in [2.05, 4.69) is 19.0 Å². The van der Waals surface area contributed by atoms with E-state index in [-0.39, 0.29) is 16.5 Å². The Morgan fingerprint density at radius 3 is 2.43 bits per heavy atom. The molecule has 1 aromatic rings. The molecule has 0 unspecified atom stereocenters. The lowest BCUT2D eigenvalue weighted by Crippen LogP contribution is -2.14. The average Bonchev–Trinajstić information content (AvgIpc) is 2.45. The van der Waals surface area contributed by atoms with Gasteiger partial charge in [-0.05, 0) is 42.4 Å². The Labute approximate surface area is 130 Å². The molecule has 0 radical (unpaired) electrons. The SMILES string of the molecule is CC(C)CCSCCS(=O)(=O)c1ccc(/C(N)=N/O)cc1. The summed E-state index contributed by atoms with van der Waals surface area (Å²) in [6.45, 7) is 4.31. The minimum Gasteiger partial charge on any atom is -0.409 e. The van der Waals surface area contributed by atoms with Crippen LogP contribution in [0.3, 0.4) is 0 Å². The van der Waals surface area contributed by atoms with E-state index in [1.54, 1.807) is 11.8 Å². The summed E-state index contributed by atoms with van der Waals surface area (Å²) >= 11 is 1.66. The van der Waals surface area contributed by atoms with Gasteiger partial charge < -0.3 is 10.9 Å². The second-order valence-corrected chi connectivity index (χ2v) is 8.46. The normalized spacial score (nSPS) is 12.8. The fourth-order valence-electron chi connectivity index (χ4n) is 1.60. The largest absolute Gasteiger partial charge is 0.409 e. The lowest BCUT2D eigenvalue weighted by Gasteiger charge is -2.07. The van der Waals surface area contributed by atoms with Crippen molar-refractivity contribution in [2.24, 2.45) is 16.8 Å². The van der Waals surface area contributed by atoms with Gasteiger partial charge in [0.05, 0.1) is 10.6 Å². The van der Waals surface area contributed by atoms with Gasteiger partial charge in [0.1, 0.15) is 0 Å². The lowest BCUT2D eigenvalue weighted by molar-refractivity contribution is 0.318. The van der Waals surface area contributed by atoms with Crippen LogP contribution in [0, 0.1) is 5.92 Å². The predicted octanol–water partition coefficient (Wildman–Crippen LogP) is 2.33. The summed E-state index contributed by atoms with van der Waals surface area (Å²) in [5.41, 5.74) is 5.93. The number of rotatable bonds is 8. The van der Waals surface area contributed by atoms with Crippen LogP contribution in [0.1, 0.15) is 25.8 Å². The number of hydrogen-bond acceptors (Lipinski definition) is 5. The number of benzene rings is 1. The van der Waals surface area contributed by atoms with Crippen LogP contribution in [0.2, 0.25) is 0 Å². The number of hydrogen-bond donors (Lipinski definition) is 2. The van der Waals surface area contributed by atoms with Crippen molar-refractivity contribution >= 4 is 27.4 Å². The van der Waals surface area contributed by atoms with E-state index in [1.807, 2.05) is 0 Å². The zero-order valence-electron chi connectivity index (χ0n) is 12.3. The van der Waals surface area contributed by atoms with E-state index < -0.39 is 9.84 Å². The van der Waals surface area contributed by atoms with Crippen LogP contribution in [0.25, 0.3) is 0 Å². The van der Waals surface area contributed by atoms with Crippen molar-refractivity contribution in [2.45, 2.75) is 25.2 Å². The minimum absolute atomic E-state index is 0.0387. The zero-order valence-corrected chi connectivity index (χ0v) is 14.0. The highest BCUT2D eigenvalue weighted by molar-refractivity contribution is 8.00. The predicted molar refractivity (Wildman–Crippen MR) is 87.8 cm³/mol. The number of nitrogens with two attached hydrogens (primary N) is 1. The molecule has 7 heteroatoms. The molecule has 1 aromatic carbocycles. The van der Waals surface area contributed by atoms with Crippen molar-refractivity contribution < 1.29 is 13.6 Å². The molecular weight excluding hydrogens is 308 g/mol. The number of thioether (sulfide) groups is 1. The van der Waals surface area contributed by atoms with Crippen LogP contribution in [0.5, 0.6) is 0 Å². The summed E-state index contributed by atoms with van der Waals surface area (Å²) < 4.78 is 24.3. The highest BCUT2D eigenvalue weighted by atomic mass is 32.2. The molecule has 0 spiro atoms. The van der Waals surface area contributed by atoms with Crippen LogP contribution >= 0.6 is 11.8 Å². The minimum atomic E-state index is -3.27. The third-order valence-corrected chi connectivity index (χ3v) is 5.96. The van der Waals surface area contributed by atoms with Gasteiger partial charge in [0.25, 0.3) is 0 Å². The van der Waals surface area contributed by atoms with Crippen molar-refractivity contribution in [2.75, 3.05) is 17.3 Å². The van der Waals surface area contributed by atoms with Crippen molar-refractivity contribution in [1.29, 1.82) is 0 Å². The molecule has 0 atom stereocenters. The van der Waals surface area contributed by atoms with Crippen molar-refractivity contribution in [3.05, 3.63) is 29.8 Å². The molecule has 0 aromatic heterocycles. The second kappa shape index (κ2) is 8.29. The van der Waals surface area contributed by atoms with Gasteiger partial charge in [-0.25, -0.2) is 8.42 Å². The number of oxime groups is 1. The highest BCUT2D eigenvalue weighted by Gasteiger charge is 2.14. The molecule has 21 heavy (non-hydrogen) atoms. The maximum Gasteiger partial charge on any atom is 0.179 e. The standard InChI is InChI=1S/C14H22N2O3S2/c1-11(2)7-8-20-9-10-21(18,19)13-5-3-12(4-6-13)14(15)16-17/h3-6,11,17H,7-10H2,1-2H3,(H2,15,16). The van der Waals surface area contributed by atoms with Crippen LogP contribution in [-0.4, -0.2) is 36.7 Å². The number of sulfone groups is 1. The van der Waals surface area contributed by atoms with Crippen LogP contribution in [0.4, 0.5) is 0 Å². The Balaban J connectivity index is 2.58. The molecule has 0 heterocycles. The molecule has 0 bridgehead atoms. The van der Waals surface area contributed by atoms with Crippen molar-refractivity contribution in [3.63, 3.8) is 0 Å². The smallest absolute Gasteiger partial charge is 0.179 e. The van der Waals surface area contributed by atoms with Gasteiger partial charge in [0, 0.05) is 11.3 Å². The fourth-order valence-corrected chi connectivity index (χ4v) is 4.58. The summed E-state index contributed by atoms with van der Waals surface area (Å²) in [5, 5.41) is 11.4. The summed E-state index contributed by atoms with van der Waals surface area (Å²) in [7, 11) is -3.27. The van der Waals surface area contributed by atoms with E-state index in [0.29, 0.717) is 17.2 Å². The number of amidine groups is 1. The molecular formula is C14H22N2O3S2. The van der Waals surface area contributed by atoms with Gasteiger partial charge in [-0.3, -0.25) is 0 Å². The summed E-state index contributed by atoms with van der Waals surface area (Å²) in [5.74, 6) is 2.30. The quantitative estimate of drug-likeness (QED) is 0.251. The molecule has 1 rings (SSSR count). The van der Waals surface area contributed by atoms with Gasteiger partial charge in [-0.15, -0.1) is 0 Å². The molecule has 0 fully saturated rings. The zero-order chi connectivity index (χ0) is 15.9. The van der Waals surface area contributed by atoms with E-state index in [9.17, 15) is 8.42 Å². The molecule has 0 amide bonds. The topological polar surface area (TPSA) is 92.8 Å². The van der Waals surface area contributed by atoms with Crippen LogP contribution in [0.15, 0.2) is 34.3 Å². The Hall–Kier alpha value is -1.21. The van der Waals surface area contributed by atoms with Crippen molar-refractivity contribution in [1.82, 2.24) is 0 Å². The van der Waals surface area contributed by atoms with E-state index >= 15 is 0 Å². The summed E-state index contributed by atoms with van der Waals surface area (Å²) in [6.07, 6.45) is 1.10. The van der Waals surface area contributed by atoms with E-state index in [1.165, 1.54) is 24.3 Å². The van der Waals surface area contributed by atoms with Gasteiger partial charge in [0.15, 0.2) is 15.7 Å². The average molecular weight is 330 g/mol. The first-order valence-electron chi connectivity index (χ1n) is 6.75. The van der Waals surface area contributed by atoms with Gasteiger partial charge >= 0.3 is 0 Å². The molecule has 0 aliphatic carbocycles. The molecule has 118 valence electrons. The third-order valence-electron chi connectivity index (χ3n) is 2.95. The first-order chi connectivity index (χ1) is 9.86. The van der Waals surface area contributed by atoms with Crippen molar-refractivity contribution in [3.8, 4) is 0 Å². The Morgan fingerprint density at radius 1 is 1.29 bits per heavy atom. The Kier molecular flexibility index (Phi) is 7.04. The molecule has 0 saturated heterocycles. The summed E-state index contributed by atoms with van der Waals surface area (Å²) in [6, 6.07) is 6.05. The van der Waals surface area contributed by atoms with E-state index in [4.69, 9.17) is 10.9 Å². The molecule has 0 aliphatic heterocycles. The molecule has 0 saturated carbocycles. The Bertz CT molecular complexity index is 566.